The molecule has 0 aliphatic rings. The predicted octanol–water partition coefficient (Wildman–Crippen LogP) is 1.10. The number of benzene rings is 1. The fourth-order valence-corrected chi connectivity index (χ4v) is 1.80. The van der Waals surface area contributed by atoms with E-state index in [1.54, 1.807) is 18.3 Å². The number of aromatic nitrogens is 3. The molecule has 2 heterocycles. The highest BCUT2D eigenvalue weighted by Gasteiger charge is 2.12. The molecule has 0 aliphatic carbocycles. The van der Waals surface area contributed by atoms with Crippen LogP contribution in [0.25, 0.3) is 21.8 Å². The van der Waals surface area contributed by atoms with Gasteiger partial charge in [0.1, 0.15) is 5.56 Å². The Morgan fingerprint density at radius 3 is 2.94 bits per heavy atom. The maximum Gasteiger partial charge on any atom is 0.341 e. The number of pyridine rings is 1. The Bertz CT molecular complexity index is 800. The van der Waals surface area contributed by atoms with Crippen LogP contribution in [0.15, 0.2) is 29.3 Å². The van der Waals surface area contributed by atoms with Crippen LogP contribution in [-0.4, -0.2) is 26.3 Å². The highest BCUT2D eigenvalue weighted by Crippen LogP contribution is 2.17. The van der Waals surface area contributed by atoms with Crippen molar-refractivity contribution < 1.29 is 9.90 Å². The van der Waals surface area contributed by atoms with Gasteiger partial charge in [-0.1, -0.05) is 0 Å². The average Bonchev–Trinajstić information content (AvgIpc) is 2.73. The lowest BCUT2D eigenvalue weighted by Gasteiger charge is -1.98. The van der Waals surface area contributed by atoms with Gasteiger partial charge >= 0.3 is 5.97 Å². The van der Waals surface area contributed by atoms with Crippen LogP contribution < -0.4 is 5.43 Å². The first-order valence-corrected chi connectivity index (χ1v) is 4.88. The second-order valence-corrected chi connectivity index (χ2v) is 3.68. The van der Waals surface area contributed by atoms with E-state index >= 15 is 0 Å². The minimum Gasteiger partial charge on any atom is -0.477 e. The second kappa shape index (κ2) is 3.18. The van der Waals surface area contributed by atoms with Gasteiger partial charge in [0.15, 0.2) is 0 Å². The van der Waals surface area contributed by atoms with Crippen molar-refractivity contribution >= 4 is 27.8 Å². The quantitative estimate of drug-likeness (QED) is 0.581. The number of carboxylic acid groups (broad SMARTS) is 1. The van der Waals surface area contributed by atoms with Crippen molar-refractivity contribution in [1.82, 2.24) is 15.2 Å². The van der Waals surface area contributed by atoms with Crippen molar-refractivity contribution in [3.8, 4) is 0 Å². The predicted molar refractivity (Wildman–Crippen MR) is 61.2 cm³/mol. The normalized spacial score (nSPS) is 11.1. The summed E-state index contributed by atoms with van der Waals surface area (Å²) >= 11 is 0. The second-order valence-electron chi connectivity index (χ2n) is 3.68. The molecule has 0 unspecified atom stereocenters. The Hall–Kier alpha value is -2.63. The maximum atomic E-state index is 11.9. The summed E-state index contributed by atoms with van der Waals surface area (Å²) in [6, 6.07) is 3.33. The fraction of sp³-hybridized carbons (Fsp3) is 0. The third-order valence-corrected chi connectivity index (χ3v) is 2.65. The molecule has 6 heteroatoms. The van der Waals surface area contributed by atoms with E-state index in [4.69, 9.17) is 5.11 Å². The van der Waals surface area contributed by atoms with E-state index in [1.807, 2.05) is 0 Å². The zero-order chi connectivity index (χ0) is 12.0. The number of hydrogen-bond acceptors (Lipinski definition) is 3. The molecule has 3 N–H and O–H groups in total. The molecule has 0 atom stereocenters. The maximum absolute atomic E-state index is 11.9. The number of carboxylic acids is 1. The first kappa shape index (κ1) is 9.59. The third-order valence-electron chi connectivity index (χ3n) is 2.65. The van der Waals surface area contributed by atoms with Gasteiger partial charge in [0, 0.05) is 23.2 Å². The Balaban J connectivity index is 2.49. The van der Waals surface area contributed by atoms with E-state index in [1.165, 1.54) is 0 Å². The van der Waals surface area contributed by atoms with Crippen LogP contribution in [0, 0.1) is 0 Å². The molecule has 2 aromatic heterocycles. The van der Waals surface area contributed by atoms with Gasteiger partial charge in [-0.2, -0.15) is 0 Å². The van der Waals surface area contributed by atoms with Crippen molar-refractivity contribution in [2.45, 2.75) is 0 Å². The van der Waals surface area contributed by atoms with E-state index in [2.05, 4.69) is 15.2 Å². The lowest BCUT2D eigenvalue weighted by molar-refractivity contribution is 0.0695. The first-order valence-electron chi connectivity index (χ1n) is 4.88. The van der Waals surface area contributed by atoms with Gasteiger partial charge in [-0.3, -0.25) is 9.78 Å². The number of aromatic amines is 2. The molecule has 17 heavy (non-hydrogen) atoms. The van der Waals surface area contributed by atoms with Gasteiger partial charge in [-0.25, -0.2) is 4.79 Å². The van der Waals surface area contributed by atoms with E-state index in [-0.39, 0.29) is 5.56 Å². The number of aromatic carboxylic acids is 1. The molecule has 6 nitrogen and oxygen atoms in total. The highest BCUT2D eigenvalue weighted by atomic mass is 16.4. The number of fused-ring (bicyclic) bond motifs is 2. The number of H-pyrrole nitrogens is 2. The van der Waals surface area contributed by atoms with Crippen LogP contribution >= 0.6 is 0 Å². The van der Waals surface area contributed by atoms with Gasteiger partial charge in [-0.05, 0) is 12.1 Å². The summed E-state index contributed by atoms with van der Waals surface area (Å²) in [5.74, 6) is -1.26. The summed E-state index contributed by atoms with van der Waals surface area (Å²) in [6.07, 6.45) is 2.78. The molecule has 1 aromatic carbocycles. The number of nitrogens with zero attached hydrogens (tertiary/aromatic N) is 1. The molecule has 0 spiro atoms. The Morgan fingerprint density at radius 2 is 2.18 bits per heavy atom. The summed E-state index contributed by atoms with van der Waals surface area (Å²) in [6.45, 7) is 0. The molecule has 0 fully saturated rings. The lowest BCUT2D eigenvalue weighted by atomic mass is 10.1. The van der Waals surface area contributed by atoms with Gasteiger partial charge in [0.05, 0.1) is 11.0 Å². The lowest BCUT2D eigenvalue weighted by Crippen LogP contribution is -2.15. The van der Waals surface area contributed by atoms with Crippen molar-refractivity contribution in [3.05, 3.63) is 40.3 Å². The molecule has 0 saturated carbocycles. The summed E-state index contributed by atoms with van der Waals surface area (Å²) in [5, 5.41) is 15.6. The zero-order valence-electron chi connectivity index (χ0n) is 8.52. The van der Waals surface area contributed by atoms with Gasteiger partial charge in [-0.15, -0.1) is 0 Å². The Morgan fingerprint density at radius 1 is 1.35 bits per heavy atom. The minimum atomic E-state index is -1.26. The highest BCUT2D eigenvalue weighted by molar-refractivity contribution is 5.97. The van der Waals surface area contributed by atoms with Crippen LogP contribution in [0.3, 0.4) is 0 Å². The molecule has 0 amide bonds. The first-order chi connectivity index (χ1) is 8.16. The summed E-state index contributed by atoms with van der Waals surface area (Å²) in [5.41, 5.74) is 0.470. The molecule has 0 saturated heterocycles. The molecular formula is C11H7N3O3. The molecule has 84 valence electrons. The monoisotopic (exact) mass is 229 g/mol. The van der Waals surface area contributed by atoms with Crippen LogP contribution in [0.5, 0.6) is 0 Å². The average molecular weight is 229 g/mol. The summed E-state index contributed by atoms with van der Waals surface area (Å²) in [7, 11) is 0. The molecule has 3 aromatic rings. The van der Waals surface area contributed by atoms with Crippen LogP contribution in [0.2, 0.25) is 0 Å². The third kappa shape index (κ3) is 1.31. The molecule has 0 radical (unpaired) electrons. The molecule has 0 bridgehead atoms. The van der Waals surface area contributed by atoms with Crippen molar-refractivity contribution in [2.24, 2.45) is 0 Å². The molecular weight excluding hydrogens is 222 g/mol. The zero-order valence-corrected chi connectivity index (χ0v) is 8.52. The largest absolute Gasteiger partial charge is 0.477 e. The van der Waals surface area contributed by atoms with Crippen LogP contribution in [0.1, 0.15) is 10.4 Å². The van der Waals surface area contributed by atoms with Gasteiger partial charge in [0.2, 0.25) is 5.43 Å². The number of nitrogens with one attached hydrogen (secondary N) is 2. The SMILES string of the molecule is O=C(O)c1cnc2cc3[nH][nH]cc3cc2c1=O. The topological polar surface area (TPSA) is 98.8 Å². The number of hydrogen-bond donors (Lipinski definition) is 3. The van der Waals surface area contributed by atoms with E-state index in [0.717, 1.165) is 17.1 Å². The number of rotatable bonds is 1. The molecule has 0 aliphatic heterocycles. The van der Waals surface area contributed by atoms with Gasteiger partial charge < -0.3 is 15.3 Å². The molecule has 3 rings (SSSR count). The fourth-order valence-electron chi connectivity index (χ4n) is 1.80. The van der Waals surface area contributed by atoms with E-state index < -0.39 is 11.4 Å². The minimum absolute atomic E-state index is 0.309. The summed E-state index contributed by atoms with van der Waals surface area (Å²) < 4.78 is 0. The van der Waals surface area contributed by atoms with Crippen molar-refractivity contribution in [3.63, 3.8) is 0 Å². The Kier molecular flexibility index (Phi) is 1.79. The summed E-state index contributed by atoms with van der Waals surface area (Å²) in [4.78, 5) is 26.7. The van der Waals surface area contributed by atoms with Gasteiger partial charge in [0.25, 0.3) is 0 Å². The van der Waals surface area contributed by atoms with Crippen LogP contribution in [0.4, 0.5) is 0 Å². The standard InChI is InChI=1S/C11H7N3O3/c15-10-6-1-5-3-13-14-8(5)2-9(6)12-4-7(10)11(16)17/h1-4,13-14H,(H,16,17). The Labute approximate surface area is 93.9 Å². The smallest absolute Gasteiger partial charge is 0.341 e. The van der Waals surface area contributed by atoms with Crippen molar-refractivity contribution in [1.29, 1.82) is 0 Å². The van der Waals surface area contributed by atoms with Crippen molar-refractivity contribution in [2.75, 3.05) is 0 Å². The van der Waals surface area contributed by atoms with E-state index in [0.29, 0.717) is 10.9 Å². The number of carbonyl (C=O) groups is 1. The van der Waals surface area contributed by atoms with Crippen LogP contribution in [-0.2, 0) is 0 Å². The van der Waals surface area contributed by atoms with E-state index in [9.17, 15) is 9.59 Å².